The monoisotopic (exact) mass is 438 g/mol. The van der Waals surface area contributed by atoms with Gasteiger partial charge in [0.25, 0.3) is 0 Å². The number of aromatic hydroxyl groups is 1. The molecule has 160 valence electrons. The molecule has 4 nitrogen and oxygen atoms in total. The van der Waals surface area contributed by atoms with Gasteiger partial charge in [-0.3, -0.25) is 0 Å². The molecule has 1 aliphatic carbocycles. The number of aromatic nitrogens is 1. The van der Waals surface area contributed by atoms with E-state index in [0.717, 1.165) is 49.5 Å². The van der Waals surface area contributed by atoms with Gasteiger partial charge in [0, 0.05) is 44.6 Å². The summed E-state index contributed by atoms with van der Waals surface area (Å²) in [5, 5.41) is 25.9. The third kappa shape index (κ3) is 1.68. The van der Waals surface area contributed by atoms with Gasteiger partial charge in [-0.15, -0.1) is 0 Å². The van der Waals surface area contributed by atoms with Gasteiger partial charge in [-0.25, -0.2) is 0 Å². The number of allylic oxidation sites excluding steroid dienone is 1. The zero-order valence-corrected chi connectivity index (χ0v) is 18.0. The van der Waals surface area contributed by atoms with Gasteiger partial charge in [-0.1, -0.05) is 42.5 Å². The van der Waals surface area contributed by atoms with Crippen LogP contribution in [0.4, 0.5) is 11.4 Å². The zero-order chi connectivity index (χ0) is 22.3. The van der Waals surface area contributed by atoms with Crippen LogP contribution in [0.3, 0.4) is 0 Å². The van der Waals surface area contributed by atoms with Crippen molar-refractivity contribution in [2.24, 2.45) is 0 Å². The van der Waals surface area contributed by atoms with Crippen molar-refractivity contribution < 1.29 is 10.2 Å². The van der Waals surface area contributed by atoms with Gasteiger partial charge in [0.05, 0.1) is 28.0 Å². The van der Waals surface area contributed by atoms with Crippen molar-refractivity contribution >= 4 is 55.0 Å². The first-order valence-corrected chi connectivity index (χ1v) is 11.7. The summed E-state index contributed by atoms with van der Waals surface area (Å²) in [5.74, 6) is 0.867. The zero-order valence-electron chi connectivity index (χ0n) is 18.0. The van der Waals surface area contributed by atoms with Crippen LogP contribution in [-0.2, 0) is 0 Å². The highest BCUT2D eigenvalue weighted by molar-refractivity contribution is 6.25. The van der Waals surface area contributed by atoms with Crippen molar-refractivity contribution in [3.8, 4) is 5.75 Å². The number of rotatable bonds is 0. The third-order valence-electron chi connectivity index (χ3n) is 8.19. The molecule has 0 saturated heterocycles. The number of phenols is 1. The highest BCUT2D eigenvalue weighted by Gasteiger charge is 2.48. The third-order valence-corrected chi connectivity index (χ3v) is 8.19. The molecular weight excluding hydrogens is 420 g/mol. The van der Waals surface area contributed by atoms with Crippen LogP contribution in [0.1, 0.15) is 17.0 Å². The molecule has 4 heteroatoms. The Morgan fingerprint density at radius 1 is 0.735 bits per heavy atom. The van der Waals surface area contributed by atoms with Gasteiger partial charge >= 0.3 is 0 Å². The predicted octanol–water partition coefficient (Wildman–Crippen LogP) is 7.00. The Hall–Kier alpha value is -4.44. The van der Waals surface area contributed by atoms with E-state index in [-0.39, 0.29) is 12.0 Å². The summed E-state index contributed by atoms with van der Waals surface area (Å²) in [4.78, 5) is 2.41. The Balaban J connectivity index is 1.46. The molecule has 3 aliphatic rings. The van der Waals surface area contributed by atoms with Gasteiger partial charge in [0.15, 0.2) is 0 Å². The van der Waals surface area contributed by atoms with Crippen LogP contribution in [0.15, 0.2) is 90.7 Å². The first-order valence-electron chi connectivity index (χ1n) is 11.7. The molecular formula is C30H18N2O2. The molecule has 2 N–H and O–H groups in total. The molecule has 4 heterocycles. The van der Waals surface area contributed by atoms with Crippen molar-refractivity contribution in [3.63, 3.8) is 0 Å². The predicted molar refractivity (Wildman–Crippen MR) is 137 cm³/mol. The van der Waals surface area contributed by atoms with Gasteiger partial charge in [-0.05, 0) is 48.0 Å². The minimum absolute atomic E-state index is 0.0839. The minimum Gasteiger partial charge on any atom is -0.508 e. The molecule has 34 heavy (non-hydrogen) atoms. The van der Waals surface area contributed by atoms with Gasteiger partial charge in [0.1, 0.15) is 11.5 Å². The SMILES string of the molecule is OC1=C2c3ccccc3N3c4cc5c6ccc(O)c7c8ccccc8n(c5cc4C(C=C1)C23)c67. The number of para-hydroxylation sites is 2. The smallest absolute Gasteiger partial charge is 0.125 e. The normalized spacial score (nSPS) is 20.3. The van der Waals surface area contributed by atoms with E-state index in [2.05, 4.69) is 63.9 Å². The molecule has 9 rings (SSSR count). The second-order valence-electron chi connectivity index (χ2n) is 9.65. The van der Waals surface area contributed by atoms with Crippen LogP contribution in [-0.4, -0.2) is 20.7 Å². The van der Waals surface area contributed by atoms with E-state index in [1.807, 2.05) is 30.3 Å². The van der Waals surface area contributed by atoms with E-state index in [9.17, 15) is 10.2 Å². The number of anilines is 2. The van der Waals surface area contributed by atoms with Crippen molar-refractivity contribution in [2.45, 2.75) is 12.0 Å². The number of hydrogen-bond acceptors (Lipinski definition) is 3. The number of nitrogens with zero attached hydrogens (tertiary/aromatic N) is 2. The lowest BCUT2D eigenvalue weighted by Gasteiger charge is -2.25. The maximum Gasteiger partial charge on any atom is 0.125 e. The molecule has 4 aromatic carbocycles. The number of benzene rings is 4. The van der Waals surface area contributed by atoms with E-state index in [1.165, 1.54) is 16.6 Å². The molecule has 0 radical (unpaired) electrons. The summed E-state index contributed by atoms with van der Waals surface area (Å²) in [5.41, 5.74) is 9.13. The molecule has 2 unspecified atom stereocenters. The largest absolute Gasteiger partial charge is 0.508 e. The van der Waals surface area contributed by atoms with Crippen LogP contribution >= 0.6 is 0 Å². The maximum absolute atomic E-state index is 10.8. The van der Waals surface area contributed by atoms with E-state index < -0.39 is 0 Å². The molecule has 0 amide bonds. The lowest BCUT2D eigenvalue weighted by molar-refractivity contribution is 0.428. The van der Waals surface area contributed by atoms with Crippen molar-refractivity contribution in [2.75, 3.05) is 4.90 Å². The molecule has 2 aliphatic heterocycles. The highest BCUT2D eigenvalue weighted by Crippen LogP contribution is 2.59. The van der Waals surface area contributed by atoms with Gasteiger partial charge < -0.3 is 19.5 Å². The number of fused-ring (bicyclic) bond motifs is 12. The summed E-state index contributed by atoms with van der Waals surface area (Å²) in [6.45, 7) is 0. The standard InChI is InChI=1S/C30H18N2O2/c33-25-11-9-15-19-14-24-20(13-23(19)31-21-7-3-1-5-17(21)27(25)29(15)31)16-10-12-26(34)28-18-6-2-4-8-22(18)32(24)30(16)28/h1-15,29,33-34H. The molecule has 2 atom stereocenters. The van der Waals surface area contributed by atoms with Crippen molar-refractivity contribution in [1.29, 1.82) is 0 Å². The number of phenolic OH excluding ortho intramolecular Hbond substituents is 1. The van der Waals surface area contributed by atoms with Gasteiger partial charge in [0.2, 0.25) is 0 Å². The Morgan fingerprint density at radius 2 is 1.59 bits per heavy atom. The quantitative estimate of drug-likeness (QED) is 0.268. The molecule has 6 aromatic rings. The lowest BCUT2D eigenvalue weighted by atomic mass is 9.84. The Bertz CT molecular complexity index is 1960. The van der Waals surface area contributed by atoms with Gasteiger partial charge in [-0.2, -0.15) is 0 Å². The van der Waals surface area contributed by atoms with Crippen LogP contribution in [0.5, 0.6) is 5.75 Å². The van der Waals surface area contributed by atoms with E-state index in [0.29, 0.717) is 11.5 Å². The Labute approximate surface area is 194 Å². The maximum atomic E-state index is 10.8. The molecule has 2 aromatic heterocycles. The molecule has 0 bridgehead atoms. The number of aliphatic hydroxyl groups excluding tert-OH is 1. The first kappa shape index (κ1) is 17.1. The van der Waals surface area contributed by atoms with E-state index in [1.54, 1.807) is 0 Å². The Kier molecular flexibility index (Phi) is 2.70. The minimum atomic E-state index is 0.0839. The summed E-state index contributed by atoms with van der Waals surface area (Å²) in [6.07, 6.45) is 4.02. The van der Waals surface area contributed by atoms with Crippen molar-refractivity contribution in [1.82, 2.24) is 4.40 Å². The average Bonchev–Trinajstić information content (AvgIpc) is 3.56. The number of hydrogen-bond donors (Lipinski definition) is 2. The average molecular weight is 438 g/mol. The highest BCUT2D eigenvalue weighted by atomic mass is 16.3. The number of aliphatic hydroxyl groups is 1. The molecule has 0 fully saturated rings. The second-order valence-corrected chi connectivity index (χ2v) is 9.65. The summed E-state index contributed by atoms with van der Waals surface area (Å²) in [6, 6.07) is 25.3. The van der Waals surface area contributed by atoms with Crippen molar-refractivity contribution in [3.05, 3.63) is 102 Å². The Morgan fingerprint density at radius 3 is 2.53 bits per heavy atom. The van der Waals surface area contributed by atoms with Crippen LogP contribution in [0.2, 0.25) is 0 Å². The fourth-order valence-corrected chi connectivity index (χ4v) is 6.94. The van der Waals surface area contributed by atoms with Crippen LogP contribution in [0, 0.1) is 0 Å². The fraction of sp³-hybridized carbons (Fsp3) is 0.0667. The molecule has 0 spiro atoms. The van der Waals surface area contributed by atoms with Crippen LogP contribution < -0.4 is 4.90 Å². The second kappa shape index (κ2) is 5.37. The first-order chi connectivity index (χ1) is 16.7. The topological polar surface area (TPSA) is 48.1 Å². The summed E-state index contributed by atoms with van der Waals surface area (Å²) in [7, 11) is 0. The fourth-order valence-electron chi connectivity index (χ4n) is 6.94. The van der Waals surface area contributed by atoms with E-state index in [4.69, 9.17) is 0 Å². The van der Waals surface area contributed by atoms with E-state index >= 15 is 0 Å². The molecule has 0 saturated carbocycles. The summed E-state index contributed by atoms with van der Waals surface area (Å²) < 4.78 is 2.31. The lowest BCUT2D eigenvalue weighted by Crippen LogP contribution is -2.27. The van der Waals surface area contributed by atoms with Crippen LogP contribution in [0.25, 0.3) is 43.7 Å². The summed E-state index contributed by atoms with van der Waals surface area (Å²) >= 11 is 0.